The number of carbonyl (C=O) groups is 1. The smallest absolute Gasteiger partial charge is 0.149 e. The fourth-order valence-corrected chi connectivity index (χ4v) is 1.81. The molecule has 0 radical (unpaired) electrons. The predicted octanol–water partition coefficient (Wildman–Crippen LogP) is -0.000100. The zero-order valence-corrected chi connectivity index (χ0v) is 7.28. The van der Waals surface area contributed by atoms with Gasteiger partial charge in [0, 0.05) is 15.6 Å². The van der Waals surface area contributed by atoms with Crippen LogP contribution in [0.25, 0.3) is 0 Å². The molecule has 2 N–H and O–H groups in total. The van der Waals surface area contributed by atoms with Crippen molar-refractivity contribution in [3.63, 3.8) is 0 Å². The van der Waals surface area contributed by atoms with Crippen LogP contribution in [0.5, 0.6) is 0 Å². The van der Waals surface area contributed by atoms with E-state index in [4.69, 9.17) is 10.2 Å². The van der Waals surface area contributed by atoms with Gasteiger partial charge in [-0.2, -0.15) is 0 Å². The minimum atomic E-state index is -0.968. The van der Waals surface area contributed by atoms with Gasteiger partial charge in [-0.25, -0.2) is 0 Å². The second-order valence-electron chi connectivity index (χ2n) is 2.19. The number of halogens is 1. The van der Waals surface area contributed by atoms with Crippen molar-refractivity contribution in [1.29, 1.82) is 0 Å². The number of aliphatic hydroxyl groups excluding tert-OH is 2. The molecule has 0 saturated carbocycles. The van der Waals surface area contributed by atoms with Gasteiger partial charge in [-0.15, -0.1) is 0 Å². The van der Waals surface area contributed by atoms with Gasteiger partial charge in [0.25, 0.3) is 0 Å². The summed E-state index contributed by atoms with van der Waals surface area (Å²) in [5.41, 5.74) is 0.327. The van der Waals surface area contributed by atoms with Crippen molar-refractivity contribution in [3.05, 3.63) is 9.15 Å². The van der Waals surface area contributed by atoms with Crippen molar-refractivity contribution in [2.75, 3.05) is 0 Å². The molecule has 0 bridgehead atoms. The Morgan fingerprint density at radius 3 is 2.40 bits per heavy atom. The van der Waals surface area contributed by atoms with Crippen molar-refractivity contribution < 1.29 is 15.0 Å². The molecule has 2 atom stereocenters. The van der Waals surface area contributed by atoms with Crippen LogP contribution in [0.4, 0.5) is 0 Å². The van der Waals surface area contributed by atoms with Crippen LogP contribution < -0.4 is 0 Å². The Morgan fingerprint density at radius 2 is 2.20 bits per heavy atom. The molecule has 2 unspecified atom stereocenters. The van der Waals surface area contributed by atoms with E-state index in [0.29, 0.717) is 18.3 Å². The molecule has 0 aromatic carbocycles. The average Bonchev–Trinajstić information content (AvgIpc) is 2.09. The largest absolute Gasteiger partial charge is 0.390 e. The van der Waals surface area contributed by atoms with E-state index >= 15 is 0 Å². The Morgan fingerprint density at radius 1 is 1.60 bits per heavy atom. The van der Waals surface area contributed by atoms with Gasteiger partial charge in [-0.05, 0) is 22.6 Å². The molecule has 0 aromatic heterocycles. The fraction of sp³-hybridized carbons (Fsp3) is 0.500. The average molecular weight is 254 g/mol. The third kappa shape index (κ3) is 1.23. The lowest BCUT2D eigenvalue weighted by molar-refractivity contribution is -0.106. The second-order valence-corrected chi connectivity index (χ2v) is 3.50. The highest BCUT2D eigenvalue weighted by atomic mass is 127. The first-order valence-electron chi connectivity index (χ1n) is 2.86. The highest BCUT2D eigenvalue weighted by molar-refractivity contribution is 14.1. The molecule has 10 heavy (non-hydrogen) atoms. The SMILES string of the molecule is O=CC1=C(I)CC(O)C1O. The first-order valence-corrected chi connectivity index (χ1v) is 3.94. The topological polar surface area (TPSA) is 57.5 Å². The molecular formula is C6H7IO3. The minimum absolute atomic E-state index is 0.327. The van der Waals surface area contributed by atoms with Gasteiger partial charge in [0.05, 0.1) is 6.10 Å². The van der Waals surface area contributed by atoms with E-state index in [1.54, 1.807) is 0 Å². The quantitative estimate of drug-likeness (QED) is 0.511. The molecule has 0 amide bonds. The molecule has 0 aromatic rings. The number of hydrogen-bond donors (Lipinski definition) is 2. The Kier molecular flexibility index (Phi) is 2.43. The van der Waals surface area contributed by atoms with E-state index < -0.39 is 12.2 Å². The van der Waals surface area contributed by atoms with Gasteiger partial charge in [0.15, 0.2) is 0 Å². The van der Waals surface area contributed by atoms with Gasteiger partial charge in [-0.1, -0.05) is 0 Å². The zero-order chi connectivity index (χ0) is 7.72. The molecule has 3 nitrogen and oxygen atoms in total. The van der Waals surface area contributed by atoms with Crippen molar-refractivity contribution in [2.24, 2.45) is 0 Å². The molecule has 1 rings (SSSR count). The number of hydrogen-bond acceptors (Lipinski definition) is 3. The van der Waals surface area contributed by atoms with Crippen LogP contribution in [0.3, 0.4) is 0 Å². The van der Waals surface area contributed by atoms with Crippen LogP contribution >= 0.6 is 22.6 Å². The van der Waals surface area contributed by atoms with Crippen molar-refractivity contribution in [1.82, 2.24) is 0 Å². The number of rotatable bonds is 1. The van der Waals surface area contributed by atoms with E-state index in [-0.39, 0.29) is 0 Å². The molecule has 0 aliphatic heterocycles. The number of aliphatic hydroxyl groups is 2. The van der Waals surface area contributed by atoms with Crippen molar-refractivity contribution >= 4 is 28.9 Å². The third-order valence-electron chi connectivity index (χ3n) is 1.51. The zero-order valence-electron chi connectivity index (χ0n) is 5.12. The van der Waals surface area contributed by atoms with E-state index in [9.17, 15) is 4.79 Å². The lowest BCUT2D eigenvalue weighted by Crippen LogP contribution is -2.22. The van der Waals surface area contributed by atoms with Crippen LogP contribution in [0, 0.1) is 0 Å². The maximum absolute atomic E-state index is 10.2. The molecule has 0 spiro atoms. The molecule has 0 saturated heterocycles. The lowest BCUT2D eigenvalue weighted by atomic mass is 10.2. The molecule has 4 heteroatoms. The summed E-state index contributed by atoms with van der Waals surface area (Å²) in [6.07, 6.45) is -0.755. The summed E-state index contributed by atoms with van der Waals surface area (Å²) in [5, 5.41) is 18.1. The van der Waals surface area contributed by atoms with Gasteiger partial charge in [0.2, 0.25) is 0 Å². The Hall–Kier alpha value is 0.0600. The molecule has 56 valence electrons. The lowest BCUT2D eigenvalue weighted by Gasteiger charge is -2.06. The van der Waals surface area contributed by atoms with E-state index in [1.807, 2.05) is 22.6 Å². The van der Waals surface area contributed by atoms with Crippen LogP contribution in [0.2, 0.25) is 0 Å². The number of carbonyl (C=O) groups excluding carboxylic acids is 1. The third-order valence-corrected chi connectivity index (χ3v) is 2.57. The highest BCUT2D eigenvalue weighted by Crippen LogP contribution is 2.29. The van der Waals surface area contributed by atoms with Crippen LogP contribution in [0.1, 0.15) is 6.42 Å². The second kappa shape index (κ2) is 2.98. The molecule has 1 aliphatic rings. The first kappa shape index (κ1) is 8.16. The maximum atomic E-state index is 10.2. The van der Waals surface area contributed by atoms with E-state index in [0.717, 1.165) is 3.58 Å². The van der Waals surface area contributed by atoms with Gasteiger partial charge in [-0.3, -0.25) is 4.79 Å². The predicted molar refractivity (Wildman–Crippen MR) is 43.7 cm³/mol. The summed E-state index contributed by atoms with van der Waals surface area (Å²) in [4.78, 5) is 10.2. The Bertz CT molecular complexity index is 187. The normalized spacial score (nSPS) is 33.1. The number of aldehydes is 1. The van der Waals surface area contributed by atoms with E-state index in [1.165, 1.54) is 0 Å². The Balaban J connectivity index is 2.84. The van der Waals surface area contributed by atoms with E-state index in [2.05, 4.69) is 0 Å². The summed E-state index contributed by atoms with van der Waals surface area (Å²) >= 11 is 1.95. The molecular weight excluding hydrogens is 247 g/mol. The molecule has 0 heterocycles. The Labute approximate surface area is 71.9 Å². The standard InChI is InChI=1S/C6H7IO3/c7-4-1-5(9)6(10)3(4)2-8/h2,5-6,9-10H,1H2. The highest BCUT2D eigenvalue weighted by Gasteiger charge is 2.30. The van der Waals surface area contributed by atoms with Crippen LogP contribution in [0.15, 0.2) is 9.15 Å². The summed E-state index contributed by atoms with van der Waals surface area (Å²) in [6, 6.07) is 0. The van der Waals surface area contributed by atoms with Crippen LogP contribution in [-0.4, -0.2) is 28.7 Å². The first-order chi connectivity index (χ1) is 4.66. The molecule has 0 fully saturated rings. The maximum Gasteiger partial charge on any atom is 0.149 e. The van der Waals surface area contributed by atoms with Crippen molar-refractivity contribution in [2.45, 2.75) is 18.6 Å². The summed E-state index contributed by atoms with van der Waals surface area (Å²) in [5.74, 6) is 0. The minimum Gasteiger partial charge on any atom is -0.390 e. The fourth-order valence-electron chi connectivity index (χ4n) is 0.914. The summed E-state index contributed by atoms with van der Waals surface area (Å²) in [7, 11) is 0. The van der Waals surface area contributed by atoms with Gasteiger partial charge >= 0.3 is 0 Å². The summed E-state index contributed by atoms with van der Waals surface area (Å²) < 4.78 is 0.757. The van der Waals surface area contributed by atoms with Gasteiger partial charge < -0.3 is 10.2 Å². The summed E-state index contributed by atoms with van der Waals surface area (Å²) in [6.45, 7) is 0. The van der Waals surface area contributed by atoms with Gasteiger partial charge in [0.1, 0.15) is 12.4 Å². The van der Waals surface area contributed by atoms with Crippen LogP contribution in [-0.2, 0) is 4.79 Å². The van der Waals surface area contributed by atoms with Crippen molar-refractivity contribution in [3.8, 4) is 0 Å². The molecule has 1 aliphatic carbocycles. The monoisotopic (exact) mass is 254 g/mol.